The number of rotatable bonds is 7. The number of anilines is 1. The molecule has 1 aromatic carbocycles. The Kier molecular flexibility index (Phi) is 5.38. The van der Waals surface area contributed by atoms with Crippen LogP contribution in [0.5, 0.6) is 5.75 Å². The number of thiazole rings is 1. The van der Waals surface area contributed by atoms with Gasteiger partial charge in [-0.05, 0) is 38.1 Å². The van der Waals surface area contributed by atoms with Crippen molar-refractivity contribution in [1.29, 1.82) is 0 Å². The maximum absolute atomic E-state index is 10.7. The van der Waals surface area contributed by atoms with E-state index in [2.05, 4.69) is 0 Å². The lowest BCUT2D eigenvalue weighted by Crippen LogP contribution is -2.25. The molecule has 2 aromatic rings. The van der Waals surface area contributed by atoms with Crippen molar-refractivity contribution in [2.24, 2.45) is 0 Å². The van der Waals surface area contributed by atoms with E-state index < -0.39 is 5.97 Å². The molecule has 0 saturated carbocycles. The number of nitrogens with zero attached hydrogens (tertiary/aromatic N) is 2. The van der Waals surface area contributed by atoms with Gasteiger partial charge in [0, 0.05) is 23.5 Å². The first-order valence-corrected chi connectivity index (χ1v) is 7.95. The van der Waals surface area contributed by atoms with Gasteiger partial charge in [0.25, 0.3) is 0 Å². The van der Waals surface area contributed by atoms with Crippen molar-refractivity contribution in [1.82, 2.24) is 4.98 Å². The van der Waals surface area contributed by atoms with Gasteiger partial charge in [-0.1, -0.05) is 0 Å². The number of carboxylic acids is 1. The molecular formula is C16H20N2O3S. The molecule has 0 unspecified atom stereocenters. The van der Waals surface area contributed by atoms with Crippen LogP contribution in [0.2, 0.25) is 0 Å². The smallest absolute Gasteiger partial charge is 0.305 e. The Morgan fingerprint density at radius 3 is 2.59 bits per heavy atom. The zero-order valence-electron chi connectivity index (χ0n) is 13.0. The van der Waals surface area contributed by atoms with E-state index in [1.165, 1.54) is 0 Å². The van der Waals surface area contributed by atoms with Crippen LogP contribution in [-0.4, -0.2) is 36.3 Å². The normalized spacial score (nSPS) is 10.5. The number of carboxylic acid groups (broad SMARTS) is 1. The lowest BCUT2D eigenvalue weighted by molar-refractivity contribution is -0.136. The second-order valence-corrected chi connectivity index (χ2v) is 6.03. The fraction of sp³-hybridized carbons (Fsp3) is 0.375. The molecule has 0 aliphatic heterocycles. The number of hydrogen-bond donors (Lipinski definition) is 1. The standard InChI is InChI=1S/C16H20N2O3S/c1-4-18(10-9-14(19)20)16-17-15(11(2)22-16)12-5-7-13(21-3)8-6-12/h5-8H,4,9-10H2,1-3H3,(H,19,20). The molecule has 5 nitrogen and oxygen atoms in total. The second kappa shape index (κ2) is 7.26. The molecule has 0 saturated heterocycles. The Morgan fingerprint density at radius 2 is 2.05 bits per heavy atom. The molecule has 0 spiro atoms. The van der Waals surface area contributed by atoms with Crippen molar-refractivity contribution < 1.29 is 14.6 Å². The van der Waals surface area contributed by atoms with E-state index in [9.17, 15) is 4.79 Å². The predicted molar refractivity (Wildman–Crippen MR) is 89.0 cm³/mol. The van der Waals surface area contributed by atoms with E-state index in [0.717, 1.165) is 33.6 Å². The summed E-state index contributed by atoms with van der Waals surface area (Å²) in [6.45, 7) is 5.25. The van der Waals surface area contributed by atoms with Crippen LogP contribution in [0.25, 0.3) is 11.3 Å². The fourth-order valence-corrected chi connectivity index (χ4v) is 3.17. The summed E-state index contributed by atoms with van der Waals surface area (Å²) >= 11 is 1.59. The van der Waals surface area contributed by atoms with Crippen LogP contribution in [0.4, 0.5) is 5.13 Å². The van der Waals surface area contributed by atoms with Gasteiger partial charge in [0.1, 0.15) is 5.75 Å². The number of hydrogen-bond acceptors (Lipinski definition) is 5. The summed E-state index contributed by atoms with van der Waals surface area (Å²) in [6, 6.07) is 7.79. The average Bonchev–Trinajstić information content (AvgIpc) is 2.89. The molecule has 0 aliphatic rings. The molecule has 1 heterocycles. The maximum atomic E-state index is 10.7. The van der Waals surface area contributed by atoms with E-state index in [1.807, 2.05) is 43.0 Å². The van der Waals surface area contributed by atoms with Crippen LogP contribution in [0.1, 0.15) is 18.2 Å². The average molecular weight is 320 g/mol. The van der Waals surface area contributed by atoms with Gasteiger partial charge in [-0.3, -0.25) is 4.79 Å². The van der Waals surface area contributed by atoms with Crippen molar-refractivity contribution in [3.05, 3.63) is 29.1 Å². The fourth-order valence-electron chi connectivity index (χ4n) is 2.15. The quantitative estimate of drug-likeness (QED) is 0.847. The molecule has 0 fully saturated rings. The first kappa shape index (κ1) is 16.3. The zero-order valence-corrected chi connectivity index (χ0v) is 13.8. The third-order valence-electron chi connectivity index (χ3n) is 3.40. The molecule has 0 bridgehead atoms. The monoisotopic (exact) mass is 320 g/mol. The van der Waals surface area contributed by atoms with Gasteiger partial charge in [0.15, 0.2) is 5.13 Å². The van der Waals surface area contributed by atoms with E-state index in [4.69, 9.17) is 14.8 Å². The van der Waals surface area contributed by atoms with Gasteiger partial charge in [-0.15, -0.1) is 11.3 Å². The zero-order chi connectivity index (χ0) is 16.1. The number of benzene rings is 1. The van der Waals surface area contributed by atoms with Crippen LogP contribution in [0.15, 0.2) is 24.3 Å². The molecule has 22 heavy (non-hydrogen) atoms. The van der Waals surface area contributed by atoms with Crippen molar-refractivity contribution in [2.45, 2.75) is 20.3 Å². The van der Waals surface area contributed by atoms with E-state index >= 15 is 0 Å². The lowest BCUT2D eigenvalue weighted by atomic mass is 10.1. The SMILES string of the molecule is CCN(CCC(=O)O)c1nc(-c2ccc(OC)cc2)c(C)s1. The van der Waals surface area contributed by atoms with Crippen molar-refractivity contribution in [2.75, 3.05) is 25.1 Å². The first-order chi connectivity index (χ1) is 10.5. The number of methoxy groups -OCH3 is 1. The van der Waals surface area contributed by atoms with Crippen molar-refractivity contribution in [3.8, 4) is 17.0 Å². The van der Waals surface area contributed by atoms with E-state index in [0.29, 0.717) is 6.54 Å². The lowest BCUT2D eigenvalue weighted by Gasteiger charge is -2.18. The molecule has 0 atom stereocenters. The van der Waals surface area contributed by atoms with Crippen LogP contribution in [-0.2, 0) is 4.79 Å². The Hall–Kier alpha value is -2.08. The highest BCUT2D eigenvalue weighted by Gasteiger charge is 2.15. The van der Waals surface area contributed by atoms with Gasteiger partial charge < -0.3 is 14.7 Å². The second-order valence-electron chi connectivity index (χ2n) is 4.85. The summed E-state index contributed by atoms with van der Waals surface area (Å²) in [4.78, 5) is 18.6. The highest BCUT2D eigenvalue weighted by Crippen LogP contribution is 2.33. The molecule has 0 aliphatic carbocycles. The van der Waals surface area contributed by atoms with Crippen molar-refractivity contribution >= 4 is 22.4 Å². The summed E-state index contributed by atoms with van der Waals surface area (Å²) in [5.41, 5.74) is 1.98. The predicted octanol–water partition coefficient (Wildman–Crippen LogP) is 3.43. The minimum atomic E-state index is -0.790. The highest BCUT2D eigenvalue weighted by atomic mass is 32.1. The Morgan fingerprint density at radius 1 is 1.36 bits per heavy atom. The number of ether oxygens (including phenoxy) is 1. The molecular weight excluding hydrogens is 300 g/mol. The number of carbonyl (C=O) groups is 1. The van der Waals surface area contributed by atoms with Gasteiger partial charge in [-0.2, -0.15) is 0 Å². The summed E-state index contributed by atoms with van der Waals surface area (Å²) in [6.07, 6.45) is 0.115. The number of aromatic nitrogens is 1. The van der Waals surface area contributed by atoms with Crippen LogP contribution in [0, 0.1) is 6.92 Å². The van der Waals surface area contributed by atoms with Gasteiger partial charge in [-0.25, -0.2) is 4.98 Å². The molecule has 0 amide bonds. The molecule has 118 valence electrons. The topological polar surface area (TPSA) is 62.7 Å². The minimum absolute atomic E-state index is 0.115. The Labute approximate surface area is 134 Å². The molecule has 2 rings (SSSR count). The summed E-state index contributed by atoms with van der Waals surface area (Å²) < 4.78 is 5.17. The van der Waals surface area contributed by atoms with Crippen LogP contribution < -0.4 is 9.64 Å². The minimum Gasteiger partial charge on any atom is -0.497 e. The third-order valence-corrected chi connectivity index (χ3v) is 4.43. The van der Waals surface area contributed by atoms with Gasteiger partial charge in [0.2, 0.25) is 0 Å². The third kappa shape index (κ3) is 3.76. The highest BCUT2D eigenvalue weighted by molar-refractivity contribution is 7.16. The number of aliphatic carboxylic acids is 1. The Bertz CT molecular complexity index is 637. The summed E-state index contributed by atoms with van der Waals surface area (Å²) in [7, 11) is 1.64. The largest absolute Gasteiger partial charge is 0.497 e. The van der Waals surface area contributed by atoms with Gasteiger partial charge >= 0.3 is 5.97 Å². The Balaban J connectivity index is 2.23. The molecule has 1 N–H and O–H groups in total. The maximum Gasteiger partial charge on any atom is 0.305 e. The molecule has 1 aromatic heterocycles. The first-order valence-electron chi connectivity index (χ1n) is 7.13. The van der Waals surface area contributed by atoms with Crippen LogP contribution >= 0.6 is 11.3 Å². The van der Waals surface area contributed by atoms with E-state index in [1.54, 1.807) is 18.4 Å². The summed E-state index contributed by atoms with van der Waals surface area (Å²) in [5, 5.41) is 9.70. The summed E-state index contributed by atoms with van der Waals surface area (Å²) in [5.74, 6) is 0.0237. The van der Waals surface area contributed by atoms with Crippen LogP contribution in [0.3, 0.4) is 0 Å². The number of aryl methyl sites for hydroxylation is 1. The molecule has 0 radical (unpaired) electrons. The van der Waals surface area contributed by atoms with Gasteiger partial charge in [0.05, 0.1) is 19.2 Å². The van der Waals surface area contributed by atoms with Crippen molar-refractivity contribution in [3.63, 3.8) is 0 Å². The molecule has 6 heteroatoms. The van der Waals surface area contributed by atoms with E-state index in [-0.39, 0.29) is 6.42 Å².